The Balaban J connectivity index is 1.39. The van der Waals surface area contributed by atoms with Crippen LogP contribution >= 0.6 is 45.2 Å². The van der Waals surface area contributed by atoms with Gasteiger partial charge in [-0.2, -0.15) is 52.7 Å². The molecule has 0 bridgehead atoms. The van der Waals surface area contributed by atoms with Crippen LogP contribution in [0.15, 0.2) is 72.8 Å². The van der Waals surface area contributed by atoms with Gasteiger partial charge in [-0.15, -0.1) is 0 Å². The summed E-state index contributed by atoms with van der Waals surface area (Å²) in [6.45, 7) is 0.187. The van der Waals surface area contributed by atoms with Gasteiger partial charge in [0.15, 0.2) is 0 Å². The highest BCUT2D eigenvalue weighted by Crippen LogP contribution is 2.41. The summed E-state index contributed by atoms with van der Waals surface area (Å²) in [4.78, 5) is 0. The molecule has 0 spiro atoms. The van der Waals surface area contributed by atoms with Crippen LogP contribution in [0.4, 0.5) is 52.7 Å². The highest BCUT2D eigenvalue weighted by molar-refractivity contribution is 14.1. The summed E-state index contributed by atoms with van der Waals surface area (Å²) in [5.74, 6) is 0.631. The minimum atomic E-state index is -4.99. The standard InChI is InChI=1S/C31H18F12I2O2/c32-28(33,34)20-8-18(9-21(14-20)29(35,36)37)16-2-4-26(24(44)12-16)46-6-1-7-47-27-5-3-17(13-25(27)45)19-10-22(30(38,39)40)15-23(11-19)31(41,42)43/h2-5,8-15H,1,6-7H2. The van der Waals surface area contributed by atoms with Gasteiger partial charge in [0.2, 0.25) is 0 Å². The van der Waals surface area contributed by atoms with Crippen molar-refractivity contribution in [3.05, 3.63) is 102 Å². The van der Waals surface area contributed by atoms with Crippen LogP contribution in [0.25, 0.3) is 22.3 Å². The fourth-order valence-corrected chi connectivity index (χ4v) is 5.60. The van der Waals surface area contributed by atoms with E-state index >= 15 is 0 Å². The summed E-state index contributed by atoms with van der Waals surface area (Å²) < 4.78 is 171. The van der Waals surface area contributed by atoms with E-state index in [0.717, 1.165) is 0 Å². The molecule has 0 saturated carbocycles. The Morgan fingerprint density at radius 1 is 0.404 bits per heavy atom. The molecule has 4 aromatic carbocycles. The van der Waals surface area contributed by atoms with Gasteiger partial charge in [0.25, 0.3) is 0 Å². The molecular formula is C31H18F12I2O2. The summed E-state index contributed by atoms with van der Waals surface area (Å²) in [6.07, 6.45) is -19.6. The first-order valence-electron chi connectivity index (χ1n) is 13.1. The number of hydrogen-bond acceptors (Lipinski definition) is 2. The van der Waals surface area contributed by atoms with Crippen LogP contribution in [-0.2, 0) is 24.7 Å². The lowest BCUT2D eigenvalue weighted by Crippen LogP contribution is -2.11. The third-order valence-electron chi connectivity index (χ3n) is 6.51. The van der Waals surface area contributed by atoms with Crippen LogP contribution in [0.2, 0.25) is 0 Å². The minimum Gasteiger partial charge on any atom is -0.492 e. The summed E-state index contributed by atoms with van der Waals surface area (Å²) >= 11 is 3.66. The van der Waals surface area contributed by atoms with Crippen LogP contribution in [-0.4, -0.2) is 13.2 Å². The number of halogens is 14. The maximum Gasteiger partial charge on any atom is 0.416 e. The first kappa shape index (κ1) is 36.9. The highest BCUT2D eigenvalue weighted by Gasteiger charge is 2.38. The second-order valence-corrected chi connectivity index (χ2v) is 12.3. The summed E-state index contributed by atoms with van der Waals surface area (Å²) in [5, 5.41) is 0. The van der Waals surface area contributed by atoms with Gasteiger partial charge < -0.3 is 9.47 Å². The van der Waals surface area contributed by atoms with Crippen molar-refractivity contribution in [1.29, 1.82) is 0 Å². The van der Waals surface area contributed by atoms with E-state index in [-0.39, 0.29) is 47.6 Å². The molecule has 0 radical (unpaired) electrons. The van der Waals surface area contributed by atoms with Gasteiger partial charge in [-0.1, -0.05) is 12.1 Å². The van der Waals surface area contributed by atoms with E-state index in [1.807, 2.05) is 45.2 Å². The average molecular weight is 904 g/mol. The predicted octanol–water partition coefficient (Wildman–Crippen LogP) is 12.2. The molecular weight excluding hydrogens is 886 g/mol. The molecule has 47 heavy (non-hydrogen) atoms. The first-order valence-corrected chi connectivity index (χ1v) is 15.2. The Bertz CT molecular complexity index is 1550. The van der Waals surface area contributed by atoms with Crippen molar-refractivity contribution in [1.82, 2.24) is 0 Å². The molecule has 0 aliphatic carbocycles. The Morgan fingerprint density at radius 3 is 0.957 bits per heavy atom. The molecule has 0 unspecified atom stereocenters. The summed E-state index contributed by atoms with van der Waals surface area (Å²) in [7, 11) is 0. The lowest BCUT2D eigenvalue weighted by molar-refractivity contribution is -0.144. The number of rotatable bonds is 8. The zero-order chi connectivity index (χ0) is 34.9. The monoisotopic (exact) mass is 904 g/mol. The van der Waals surface area contributed by atoms with Crippen molar-refractivity contribution in [2.45, 2.75) is 31.1 Å². The quantitative estimate of drug-likeness (QED) is 0.0996. The van der Waals surface area contributed by atoms with E-state index in [4.69, 9.17) is 9.47 Å². The fraction of sp³-hybridized carbons (Fsp3) is 0.226. The van der Waals surface area contributed by atoms with Gasteiger partial charge in [0, 0.05) is 6.42 Å². The van der Waals surface area contributed by atoms with Crippen LogP contribution < -0.4 is 9.47 Å². The normalized spacial score (nSPS) is 12.7. The molecule has 0 atom stereocenters. The average Bonchev–Trinajstić information content (AvgIpc) is 2.96. The van der Waals surface area contributed by atoms with E-state index in [1.165, 1.54) is 36.4 Å². The maximum atomic E-state index is 13.2. The second kappa shape index (κ2) is 13.9. The Morgan fingerprint density at radius 2 is 0.702 bits per heavy atom. The second-order valence-electron chi connectivity index (χ2n) is 9.93. The van der Waals surface area contributed by atoms with Crippen molar-refractivity contribution < 1.29 is 62.2 Å². The van der Waals surface area contributed by atoms with Gasteiger partial charge in [-0.05, 0) is 128 Å². The first-order chi connectivity index (χ1) is 21.6. The molecule has 4 rings (SSSR count). The van der Waals surface area contributed by atoms with E-state index in [9.17, 15) is 52.7 Å². The summed E-state index contributed by atoms with van der Waals surface area (Å²) in [6, 6.07) is 10.9. The smallest absolute Gasteiger partial charge is 0.416 e. The van der Waals surface area contributed by atoms with E-state index in [0.29, 0.717) is 49.3 Å². The molecule has 0 aliphatic rings. The Labute approximate surface area is 286 Å². The third kappa shape index (κ3) is 9.60. The van der Waals surface area contributed by atoms with Gasteiger partial charge in [0.1, 0.15) is 11.5 Å². The zero-order valence-electron chi connectivity index (χ0n) is 23.2. The lowest BCUT2D eigenvalue weighted by Gasteiger charge is -2.16. The third-order valence-corrected chi connectivity index (χ3v) is 8.20. The molecule has 0 fully saturated rings. The van der Waals surface area contributed by atoms with Crippen LogP contribution in [0.5, 0.6) is 11.5 Å². The lowest BCUT2D eigenvalue weighted by atomic mass is 9.99. The fourth-order valence-electron chi connectivity index (χ4n) is 4.26. The number of hydrogen-bond donors (Lipinski definition) is 0. The molecule has 4 aromatic rings. The van der Waals surface area contributed by atoms with E-state index in [1.54, 1.807) is 0 Å². The number of alkyl halides is 12. The van der Waals surface area contributed by atoms with Crippen LogP contribution in [0.3, 0.4) is 0 Å². The molecule has 0 aliphatic heterocycles. The Kier molecular flexibility index (Phi) is 10.9. The molecule has 0 saturated heterocycles. The van der Waals surface area contributed by atoms with Crippen molar-refractivity contribution >= 4 is 45.2 Å². The molecule has 16 heteroatoms. The van der Waals surface area contributed by atoms with Crippen LogP contribution in [0, 0.1) is 7.14 Å². The predicted molar refractivity (Wildman–Crippen MR) is 165 cm³/mol. The molecule has 0 N–H and O–H groups in total. The molecule has 252 valence electrons. The topological polar surface area (TPSA) is 18.5 Å². The van der Waals surface area contributed by atoms with E-state index in [2.05, 4.69) is 0 Å². The van der Waals surface area contributed by atoms with Gasteiger partial charge in [0.05, 0.1) is 42.6 Å². The SMILES string of the molecule is FC(F)(F)c1cc(-c2ccc(OCCCOc3ccc(-c4cc(C(F)(F)F)cc(C(F)(F)F)c4)cc3I)c(I)c2)cc(C(F)(F)F)c1. The van der Waals surface area contributed by atoms with Gasteiger partial charge >= 0.3 is 24.7 Å². The van der Waals surface area contributed by atoms with Crippen LogP contribution in [0.1, 0.15) is 28.7 Å². The number of ether oxygens (including phenoxy) is 2. The van der Waals surface area contributed by atoms with Crippen molar-refractivity contribution in [3.8, 4) is 33.8 Å². The Hall–Kier alpha value is -2.90. The molecule has 0 heterocycles. The van der Waals surface area contributed by atoms with Crippen molar-refractivity contribution in [2.75, 3.05) is 13.2 Å². The summed E-state index contributed by atoms with van der Waals surface area (Å²) in [5.41, 5.74) is -6.08. The highest BCUT2D eigenvalue weighted by atomic mass is 127. The largest absolute Gasteiger partial charge is 0.492 e. The van der Waals surface area contributed by atoms with Gasteiger partial charge in [-0.3, -0.25) is 0 Å². The zero-order valence-corrected chi connectivity index (χ0v) is 27.5. The molecule has 0 aromatic heterocycles. The van der Waals surface area contributed by atoms with Gasteiger partial charge in [-0.25, -0.2) is 0 Å². The van der Waals surface area contributed by atoms with E-state index < -0.39 is 47.0 Å². The minimum absolute atomic E-state index is 0.0484. The van der Waals surface area contributed by atoms with Crippen molar-refractivity contribution in [2.24, 2.45) is 0 Å². The molecule has 2 nitrogen and oxygen atoms in total. The molecule has 0 amide bonds. The van der Waals surface area contributed by atoms with Crippen molar-refractivity contribution in [3.63, 3.8) is 0 Å². The number of benzene rings is 4. The maximum absolute atomic E-state index is 13.2.